The van der Waals surface area contributed by atoms with Gasteiger partial charge in [-0.1, -0.05) is 0 Å². The first-order valence-electron chi connectivity index (χ1n) is 6.48. The van der Waals surface area contributed by atoms with Gasteiger partial charge in [-0.25, -0.2) is 0 Å². The van der Waals surface area contributed by atoms with Crippen molar-refractivity contribution < 1.29 is 14.6 Å². The van der Waals surface area contributed by atoms with Crippen LogP contribution in [0.5, 0.6) is 0 Å². The molecular formula is C13H23NO3. The zero-order valence-corrected chi connectivity index (χ0v) is 11.0. The first kappa shape index (κ1) is 12.8. The molecule has 17 heavy (non-hydrogen) atoms. The van der Waals surface area contributed by atoms with Crippen molar-refractivity contribution in [2.24, 2.45) is 5.92 Å². The molecule has 2 fully saturated rings. The highest BCUT2D eigenvalue weighted by Gasteiger charge is 2.53. The van der Waals surface area contributed by atoms with Crippen molar-refractivity contribution in [3.8, 4) is 0 Å². The van der Waals surface area contributed by atoms with E-state index in [9.17, 15) is 9.90 Å². The third-order valence-corrected chi connectivity index (χ3v) is 3.43. The van der Waals surface area contributed by atoms with Gasteiger partial charge in [0.05, 0.1) is 12.2 Å². The second-order valence-corrected chi connectivity index (χ2v) is 6.37. The van der Waals surface area contributed by atoms with E-state index >= 15 is 0 Å². The van der Waals surface area contributed by atoms with E-state index in [1.54, 1.807) is 0 Å². The van der Waals surface area contributed by atoms with Crippen molar-refractivity contribution in [1.82, 2.24) is 5.32 Å². The van der Waals surface area contributed by atoms with Crippen LogP contribution in [0.1, 0.15) is 46.5 Å². The van der Waals surface area contributed by atoms with Crippen molar-refractivity contribution >= 4 is 5.97 Å². The number of carbonyl (C=O) groups is 1. The smallest absolute Gasteiger partial charge is 0.326 e. The van der Waals surface area contributed by atoms with Crippen LogP contribution in [0.3, 0.4) is 0 Å². The molecule has 0 aromatic carbocycles. The van der Waals surface area contributed by atoms with Crippen LogP contribution in [-0.4, -0.2) is 34.9 Å². The van der Waals surface area contributed by atoms with E-state index in [1.807, 2.05) is 20.8 Å². The summed E-state index contributed by atoms with van der Waals surface area (Å²) >= 11 is 0. The van der Waals surface area contributed by atoms with Crippen LogP contribution >= 0.6 is 0 Å². The summed E-state index contributed by atoms with van der Waals surface area (Å²) in [5, 5.41) is 12.9. The minimum Gasteiger partial charge on any atom is -0.480 e. The quantitative estimate of drug-likeness (QED) is 0.744. The van der Waals surface area contributed by atoms with E-state index in [0.717, 1.165) is 25.7 Å². The normalized spacial score (nSPS) is 24.4. The van der Waals surface area contributed by atoms with Gasteiger partial charge in [0.2, 0.25) is 0 Å². The standard InChI is InChI=1S/C13H23NO3/c1-12(2,3)17-8-13(11(15)16,9-4-5-9)14-10-6-7-10/h9-10,14H,4-8H2,1-3H3,(H,15,16). The molecule has 2 rings (SSSR count). The number of carboxylic acid groups (broad SMARTS) is 1. The molecule has 0 radical (unpaired) electrons. The van der Waals surface area contributed by atoms with Gasteiger partial charge in [0.25, 0.3) is 0 Å². The molecule has 2 aliphatic carbocycles. The molecule has 0 saturated heterocycles. The van der Waals surface area contributed by atoms with Gasteiger partial charge in [-0.05, 0) is 52.4 Å². The Hall–Kier alpha value is -0.610. The van der Waals surface area contributed by atoms with Crippen LogP contribution in [0.4, 0.5) is 0 Å². The first-order valence-corrected chi connectivity index (χ1v) is 6.48. The van der Waals surface area contributed by atoms with E-state index in [1.165, 1.54) is 0 Å². The van der Waals surface area contributed by atoms with Gasteiger partial charge in [-0.15, -0.1) is 0 Å². The van der Waals surface area contributed by atoms with Crippen LogP contribution in [-0.2, 0) is 9.53 Å². The zero-order chi connectivity index (χ0) is 12.7. The zero-order valence-electron chi connectivity index (χ0n) is 11.0. The molecule has 0 bridgehead atoms. The summed E-state index contributed by atoms with van der Waals surface area (Å²) < 4.78 is 5.74. The molecular weight excluding hydrogens is 218 g/mol. The Morgan fingerprint density at radius 2 is 1.88 bits per heavy atom. The maximum absolute atomic E-state index is 11.6. The van der Waals surface area contributed by atoms with Gasteiger partial charge in [0, 0.05) is 6.04 Å². The van der Waals surface area contributed by atoms with Crippen LogP contribution in [0, 0.1) is 5.92 Å². The molecule has 0 aliphatic heterocycles. The summed E-state index contributed by atoms with van der Waals surface area (Å²) in [7, 11) is 0. The van der Waals surface area contributed by atoms with Gasteiger partial charge >= 0.3 is 5.97 Å². The van der Waals surface area contributed by atoms with Gasteiger partial charge in [0.1, 0.15) is 5.54 Å². The number of rotatable bonds is 6. The second-order valence-electron chi connectivity index (χ2n) is 6.37. The van der Waals surface area contributed by atoms with Crippen molar-refractivity contribution in [3.05, 3.63) is 0 Å². The highest BCUT2D eigenvalue weighted by molar-refractivity contribution is 5.80. The Bertz CT molecular complexity index is 302. The number of nitrogens with one attached hydrogen (secondary N) is 1. The maximum Gasteiger partial charge on any atom is 0.326 e. The average molecular weight is 241 g/mol. The number of aliphatic carboxylic acids is 1. The van der Waals surface area contributed by atoms with Crippen LogP contribution in [0.2, 0.25) is 0 Å². The predicted molar refractivity (Wildman–Crippen MR) is 65.0 cm³/mol. The number of hydrogen-bond acceptors (Lipinski definition) is 3. The molecule has 0 aromatic rings. The third kappa shape index (κ3) is 3.19. The highest BCUT2D eigenvalue weighted by Crippen LogP contribution is 2.42. The van der Waals surface area contributed by atoms with E-state index in [0.29, 0.717) is 6.04 Å². The predicted octanol–water partition coefficient (Wildman–Crippen LogP) is 1.79. The molecule has 2 aliphatic rings. The molecule has 2 N–H and O–H groups in total. The molecule has 1 atom stereocenters. The lowest BCUT2D eigenvalue weighted by Gasteiger charge is -2.34. The topological polar surface area (TPSA) is 58.6 Å². The van der Waals surface area contributed by atoms with Crippen molar-refractivity contribution in [2.75, 3.05) is 6.61 Å². The van der Waals surface area contributed by atoms with Crippen molar-refractivity contribution in [1.29, 1.82) is 0 Å². The Kier molecular flexibility index (Phi) is 3.21. The monoisotopic (exact) mass is 241 g/mol. The average Bonchev–Trinajstić information content (AvgIpc) is 3.01. The van der Waals surface area contributed by atoms with Gasteiger partial charge in [0.15, 0.2) is 0 Å². The summed E-state index contributed by atoms with van der Waals surface area (Å²) in [4.78, 5) is 11.6. The number of carboxylic acids is 1. The Morgan fingerprint density at radius 3 is 2.24 bits per heavy atom. The first-order chi connectivity index (χ1) is 7.83. The fourth-order valence-corrected chi connectivity index (χ4v) is 2.07. The van der Waals surface area contributed by atoms with Crippen molar-refractivity contribution in [3.63, 3.8) is 0 Å². The summed E-state index contributed by atoms with van der Waals surface area (Å²) in [6.45, 7) is 6.16. The summed E-state index contributed by atoms with van der Waals surface area (Å²) in [5.41, 5.74) is -1.14. The fraction of sp³-hybridized carbons (Fsp3) is 0.923. The molecule has 2 saturated carbocycles. The van der Waals surface area contributed by atoms with E-state index in [2.05, 4.69) is 5.32 Å². The molecule has 0 aromatic heterocycles. The summed E-state index contributed by atoms with van der Waals surface area (Å²) in [6.07, 6.45) is 4.19. The summed E-state index contributed by atoms with van der Waals surface area (Å²) in [5.74, 6) is -0.515. The SMILES string of the molecule is CC(C)(C)OCC(NC1CC1)(C(=O)O)C1CC1. The molecule has 4 nitrogen and oxygen atoms in total. The van der Waals surface area contributed by atoms with Gasteiger partial charge in [-0.2, -0.15) is 0 Å². The maximum atomic E-state index is 11.6. The largest absolute Gasteiger partial charge is 0.480 e. The van der Waals surface area contributed by atoms with Crippen molar-refractivity contribution in [2.45, 2.75) is 63.6 Å². The molecule has 98 valence electrons. The lowest BCUT2D eigenvalue weighted by molar-refractivity contribution is -0.152. The van der Waals surface area contributed by atoms with E-state index in [-0.39, 0.29) is 18.1 Å². The Morgan fingerprint density at radius 1 is 1.29 bits per heavy atom. The van der Waals surface area contributed by atoms with Gasteiger partial charge < -0.3 is 9.84 Å². The second kappa shape index (κ2) is 4.25. The van der Waals surface area contributed by atoms with Crippen LogP contribution < -0.4 is 5.32 Å². The van der Waals surface area contributed by atoms with Crippen LogP contribution in [0.25, 0.3) is 0 Å². The lowest BCUT2D eigenvalue weighted by Crippen LogP contribution is -2.59. The lowest BCUT2D eigenvalue weighted by atomic mass is 9.93. The minimum atomic E-state index is -0.853. The third-order valence-electron chi connectivity index (χ3n) is 3.43. The Balaban J connectivity index is 2.06. The van der Waals surface area contributed by atoms with E-state index < -0.39 is 11.5 Å². The number of ether oxygens (including phenoxy) is 1. The van der Waals surface area contributed by atoms with Gasteiger partial charge in [-0.3, -0.25) is 10.1 Å². The molecule has 4 heteroatoms. The fourth-order valence-electron chi connectivity index (χ4n) is 2.07. The highest BCUT2D eigenvalue weighted by atomic mass is 16.5. The Labute approximate surface area is 103 Å². The van der Waals surface area contributed by atoms with Crippen LogP contribution in [0.15, 0.2) is 0 Å². The molecule has 1 unspecified atom stereocenters. The van der Waals surface area contributed by atoms with E-state index in [4.69, 9.17) is 4.74 Å². The number of hydrogen-bond donors (Lipinski definition) is 2. The molecule has 0 heterocycles. The summed E-state index contributed by atoms with van der Waals surface area (Å²) in [6, 6.07) is 0.385. The molecule has 0 spiro atoms. The minimum absolute atomic E-state index is 0.239. The molecule has 0 amide bonds.